The third kappa shape index (κ3) is 6.48. The molecule has 2 aliphatic rings. The van der Waals surface area contributed by atoms with Crippen LogP contribution < -0.4 is 10.2 Å². The number of nitrogens with zero attached hydrogens (tertiary/aromatic N) is 3. The molecule has 4 rings (SSSR count). The normalized spacial score (nSPS) is 17.9. The summed E-state index contributed by atoms with van der Waals surface area (Å²) < 4.78 is 24.2. The minimum absolute atomic E-state index is 0.130. The molecule has 1 N–H and O–H groups in total. The Balaban J connectivity index is 1.46. The van der Waals surface area contributed by atoms with E-state index in [0.29, 0.717) is 23.5 Å². The van der Waals surface area contributed by atoms with Gasteiger partial charge in [0.05, 0.1) is 28.6 Å². The molecular weight excluding hydrogens is 519 g/mol. The lowest BCUT2D eigenvalue weighted by Crippen LogP contribution is -2.47. The van der Waals surface area contributed by atoms with E-state index in [9.17, 15) is 24.1 Å². The first-order chi connectivity index (χ1) is 19.2. The molecule has 0 saturated carbocycles. The summed E-state index contributed by atoms with van der Waals surface area (Å²) in [4.78, 5) is 41.8. The first-order valence-electron chi connectivity index (χ1n) is 13.2. The van der Waals surface area contributed by atoms with Crippen molar-refractivity contribution < 1.29 is 28.4 Å². The molecular formula is C29H33FN4O6. The number of carbonyl (C=O) groups is 2. The van der Waals surface area contributed by atoms with Crippen molar-refractivity contribution in [3.05, 3.63) is 92.6 Å². The summed E-state index contributed by atoms with van der Waals surface area (Å²) in [6, 6.07) is 12.3. The van der Waals surface area contributed by atoms with Crippen molar-refractivity contribution in [3.63, 3.8) is 0 Å². The maximum atomic E-state index is 13.5. The van der Waals surface area contributed by atoms with Gasteiger partial charge in [-0.15, -0.1) is 0 Å². The highest BCUT2D eigenvalue weighted by molar-refractivity contribution is 6.00. The van der Waals surface area contributed by atoms with Gasteiger partial charge in [0.1, 0.15) is 12.4 Å². The monoisotopic (exact) mass is 552 g/mol. The zero-order valence-electron chi connectivity index (χ0n) is 22.8. The molecule has 2 aliphatic heterocycles. The number of nitro benzene ring substituents is 1. The third-order valence-electron chi connectivity index (χ3n) is 7.09. The summed E-state index contributed by atoms with van der Waals surface area (Å²) in [6.07, 6.45) is 0. The van der Waals surface area contributed by atoms with Crippen LogP contribution in [0, 0.1) is 15.9 Å². The Morgan fingerprint density at radius 2 is 1.62 bits per heavy atom. The lowest BCUT2D eigenvalue weighted by atomic mass is 9.80. The molecule has 11 heteroatoms. The van der Waals surface area contributed by atoms with Gasteiger partial charge in [0.25, 0.3) is 5.69 Å². The molecule has 2 aromatic carbocycles. The number of anilines is 1. The van der Waals surface area contributed by atoms with Crippen LogP contribution in [0.3, 0.4) is 0 Å². The molecule has 2 aromatic rings. The Kier molecular flexibility index (Phi) is 9.15. The smallest absolute Gasteiger partial charge is 0.336 e. The molecule has 0 aromatic heterocycles. The van der Waals surface area contributed by atoms with Crippen LogP contribution in [0.1, 0.15) is 32.3 Å². The molecule has 212 valence electrons. The lowest BCUT2D eigenvalue weighted by Gasteiger charge is -2.36. The number of dihydropyridines is 1. The number of hydrogen-bond donors (Lipinski definition) is 1. The first kappa shape index (κ1) is 28.8. The Bertz CT molecular complexity index is 1330. The molecule has 0 bridgehead atoms. The van der Waals surface area contributed by atoms with Crippen molar-refractivity contribution in [1.29, 1.82) is 0 Å². The van der Waals surface area contributed by atoms with Gasteiger partial charge in [0.2, 0.25) is 0 Å². The molecule has 1 unspecified atom stereocenters. The van der Waals surface area contributed by atoms with E-state index < -0.39 is 22.8 Å². The van der Waals surface area contributed by atoms with Crippen LogP contribution >= 0.6 is 0 Å². The van der Waals surface area contributed by atoms with E-state index in [0.717, 1.165) is 31.9 Å². The Hall–Kier alpha value is -4.25. The highest BCUT2D eigenvalue weighted by Crippen LogP contribution is 2.40. The lowest BCUT2D eigenvalue weighted by molar-refractivity contribution is -0.384. The fraction of sp³-hybridized carbons (Fsp3) is 0.379. The van der Waals surface area contributed by atoms with Gasteiger partial charge < -0.3 is 19.7 Å². The topological polar surface area (TPSA) is 114 Å². The standard InChI is InChI=1S/C29H33FN4O6/c1-4-39-28(35)25-19(2)31-20(3)26(27(25)21-6-5-7-24(18-21)34(37)38)29(36)40-17-16-32-12-14-33(15-13-32)23-10-8-22(30)9-11-23/h5-11,18,27,31H,4,12-17H2,1-3H3. The summed E-state index contributed by atoms with van der Waals surface area (Å²) in [6.45, 7) is 8.90. The number of carbonyl (C=O) groups excluding carboxylic acids is 2. The number of esters is 2. The van der Waals surface area contributed by atoms with Crippen LogP contribution in [-0.2, 0) is 19.1 Å². The second kappa shape index (κ2) is 12.7. The average Bonchev–Trinajstić information content (AvgIpc) is 2.93. The number of piperazine rings is 1. The van der Waals surface area contributed by atoms with Gasteiger partial charge in [-0.3, -0.25) is 15.0 Å². The summed E-state index contributed by atoms with van der Waals surface area (Å²) >= 11 is 0. The SMILES string of the molecule is CCOC(=O)C1=C(C)NC(C)=C(C(=O)OCCN2CCN(c3ccc(F)cc3)CC2)C1c1cccc([N+](=O)[O-])c1. The summed E-state index contributed by atoms with van der Waals surface area (Å²) in [5.41, 5.74) is 2.64. The number of allylic oxidation sites excluding steroid dienone is 2. The highest BCUT2D eigenvalue weighted by atomic mass is 19.1. The third-order valence-corrected chi connectivity index (χ3v) is 7.09. The van der Waals surface area contributed by atoms with E-state index in [1.807, 2.05) is 0 Å². The maximum Gasteiger partial charge on any atom is 0.336 e. The Labute approximate surface area is 232 Å². The van der Waals surface area contributed by atoms with Crippen LogP contribution in [0.15, 0.2) is 71.1 Å². The van der Waals surface area contributed by atoms with Gasteiger partial charge in [-0.05, 0) is 50.6 Å². The van der Waals surface area contributed by atoms with Gasteiger partial charge in [0.15, 0.2) is 0 Å². The van der Waals surface area contributed by atoms with Crippen molar-refractivity contribution in [1.82, 2.24) is 10.2 Å². The molecule has 1 saturated heterocycles. The van der Waals surface area contributed by atoms with E-state index in [-0.39, 0.29) is 35.9 Å². The van der Waals surface area contributed by atoms with Crippen LogP contribution in [0.2, 0.25) is 0 Å². The molecule has 0 radical (unpaired) electrons. The minimum Gasteiger partial charge on any atom is -0.463 e. The quantitative estimate of drug-likeness (QED) is 0.281. The fourth-order valence-corrected chi connectivity index (χ4v) is 5.12. The summed E-state index contributed by atoms with van der Waals surface area (Å²) in [5.74, 6) is -2.39. The molecule has 40 heavy (non-hydrogen) atoms. The first-order valence-corrected chi connectivity index (χ1v) is 13.2. The molecule has 1 fully saturated rings. The minimum atomic E-state index is -0.896. The number of ether oxygens (including phenoxy) is 2. The van der Waals surface area contributed by atoms with E-state index in [2.05, 4.69) is 15.1 Å². The number of halogens is 1. The summed E-state index contributed by atoms with van der Waals surface area (Å²) in [5, 5.41) is 14.6. The number of hydrogen-bond acceptors (Lipinski definition) is 9. The van der Waals surface area contributed by atoms with E-state index >= 15 is 0 Å². The predicted molar refractivity (Wildman–Crippen MR) is 147 cm³/mol. The predicted octanol–water partition coefficient (Wildman–Crippen LogP) is 3.90. The Morgan fingerprint density at radius 3 is 2.23 bits per heavy atom. The number of non-ortho nitro benzene ring substituents is 1. The molecule has 2 heterocycles. The van der Waals surface area contributed by atoms with E-state index in [1.54, 1.807) is 39.0 Å². The van der Waals surface area contributed by atoms with Gasteiger partial charge in [-0.1, -0.05) is 12.1 Å². The van der Waals surface area contributed by atoms with Crippen LogP contribution in [0.4, 0.5) is 15.8 Å². The number of rotatable bonds is 9. The summed E-state index contributed by atoms with van der Waals surface area (Å²) in [7, 11) is 0. The second-order valence-corrected chi connectivity index (χ2v) is 9.65. The van der Waals surface area contributed by atoms with Gasteiger partial charge >= 0.3 is 11.9 Å². The molecule has 0 amide bonds. The van der Waals surface area contributed by atoms with Crippen molar-refractivity contribution in [2.75, 3.05) is 50.8 Å². The Morgan fingerprint density at radius 1 is 1.00 bits per heavy atom. The van der Waals surface area contributed by atoms with Gasteiger partial charge in [-0.25, -0.2) is 14.0 Å². The number of nitro groups is 1. The van der Waals surface area contributed by atoms with Crippen LogP contribution in [0.5, 0.6) is 0 Å². The number of nitrogens with one attached hydrogen (secondary N) is 1. The molecule has 0 aliphatic carbocycles. The molecule has 0 spiro atoms. The van der Waals surface area contributed by atoms with Crippen molar-refractivity contribution >= 4 is 23.3 Å². The molecule has 1 atom stereocenters. The van der Waals surface area contributed by atoms with Crippen molar-refractivity contribution in [2.45, 2.75) is 26.7 Å². The highest BCUT2D eigenvalue weighted by Gasteiger charge is 2.38. The second-order valence-electron chi connectivity index (χ2n) is 9.65. The maximum absolute atomic E-state index is 13.5. The zero-order valence-corrected chi connectivity index (χ0v) is 22.8. The molecule has 10 nitrogen and oxygen atoms in total. The van der Waals surface area contributed by atoms with Crippen molar-refractivity contribution in [2.24, 2.45) is 0 Å². The van der Waals surface area contributed by atoms with Gasteiger partial charge in [-0.2, -0.15) is 0 Å². The van der Waals surface area contributed by atoms with Crippen LogP contribution in [0.25, 0.3) is 0 Å². The fourth-order valence-electron chi connectivity index (χ4n) is 5.12. The van der Waals surface area contributed by atoms with E-state index in [1.165, 1.54) is 30.3 Å². The average molecular weight is 553 g/mol. The van der Waals surface area contributed by atoms with Crippen molar-refractivity contribution in [3.8, 4) is 0 Å². The van der Waals surface area contributed by atoms with Crippen LogP contribution in [-0.4, -0.2) is 67.7 Å². The van der Waals surface area contributed by atoms with Gasteiger partial charge in [0, 0.05) is 61.9 Å². The largest absolute Gasteiger partial charge is 0.463 e. The van der Waals surface area contributed by atoms with E-state index in [4.69, 9.17) is 9.47 Å². The zero-order chi connectivity index (χ0) is 28.8. The number of benzene rings is 2.